The van der Waals surface area contributed by atoms with Crippen LogP contribution in [0.2, 0.25) is 5.02 Å². The van der Waals surface area contributed by atoms with E-state index in [4.69, 9.17) is 17.3 Å². The van der Waals surface area contributed by atoms with Crippen molar-refractivity contribution in [1.29, 1.82) is 5.26 Å². The molecule has 2 heterocycles. The molecule has 2 aliphatic rings. The van der Waals surface area contributed by atoms with Crippen LogP contribution in [0, 0.1) is 16.7 Å². The number of carbonyl (C=O) groups is 3. The monoisotopic (exact) mass is 633 g/mol. The number of benzene rings is 2. The van der Waals surface area contributed by atoms with E-state index in [9.17, 15) is 19.6 Å². The first-order valence-corrected chi connectivity index (χ1v) is 15.5. The highest BCUT2D eigenvalue weighted by atomic mass is 35.5. The molecule has 5 rings (SSSR count). The van der Waals surface area contributed by atoms with Crippen LogP contribution in [0.3, 0.4) is 0 Å². The number of aromatic nitrogens is 2. The average Bonchev–Trinajstić information content (AvgIpc) is 3.40. The number of hydrogen-bond acceptors (Lipinski definition) is 10. The van der Waals surface area contributed by atoms with Crippen LogP contribution >= 0.6 is 34.7 Å². The third-order valence-electron chi connectivity index (χ3n) is 7.00. The summed E-state index contributed by atoms with van der Waals surface area (Å²) in [5.74, 6) is -0.934. The number of halogens is 1. The summed E-state index contributed by atoms with van der Waals surface area (Å²) >= 11 is 8.99. The van der Waals surface area contributed by atoms with Gasteiger partial charge >= 0.3 is 0 Å². The fourth-order valence-corrected chi connectivity index (χ4v) is 7.19. The molecule has 0 radical (unpaired) electrons. The minimum atomic E-state index is -0.689. The van der Waals surface area contributed by atoms with E-state index in [0.29, 0.717) is 55.5 Å². The Morgan fingerprint density at radius 3 is 2.47 bits per heavy atom. The molecule has 0 spiro atoms. The van der Waals surface area contributed by atoms with E-state index in [2.05, 4.69) is 26.9 Å². The Morgan fingerprint density at radius 2 is 1.81 bits per heavy atom. The number of thioether (sulfide) groups is 1. The van der Waals surface area contributed by atoms with E-state index in [0.717, 1.165) is 0 Å². The number of amides is 2. The summed E-state index contributed by atoms with van der Waals surface area (Å²) in [5, 5.41) is 25.2. The summed E-state index contributed by atoms with van der Waals surface area (Å²) in [6.45, 7) is 5.46. The summed E-state index contributed by atoms with van der Waals surface area (Å²) < 4.78 is 0.522. The Balaban J connectivity index is 1.40. The molecular weight excluding hydrogens is 606 g/mol. The zero-order chi connectivity index (χ0) is 30.9. The average molecular weight is 634 g/mol. The maximum atomic E-state index is 13.7. The Kier molecular flexibility index (Phi) is 8.59. The fraction of sp³-hybridized carbons (Fsp3) is 0.267. The summed E-state index contributed by atoms with van der Waals surface area (Å²) in [6.07, 6.45) is 0.848. The Labute approximate surface area is 262 Å². The number of Topliss-reactive ketones (excluding diaryl/α,β-unsaturated/α-hetero) is 1. The molecule has 43 heavy (non-hydrogen) atoms. The predicted molar refractivity (Wildman–Crippen MR) is 169 cm³/mol. The zero-order valence-corrected chi connectivity index (χ0v) is 26.0. The molecule has 2 aromatic carbocycles. The lowest BCUT2D eigenvalue weighted by Gasteiger charge is -2.42. The van der Waals surface area contributed by atoms with Crippen LogP contribution in [0.15, 0.2) is 75.5 Å². The zero-order valence-electron chi connectivity index (χ0n) is 23.6. The molecule has 0 fully saturated rings. The second-order valence-corrected chi connectivity index (χ2v) is 13.5. The van der Waals surface area contributed by atoms with E-state index in [1.54, 1.807) is 41.3 Å². The molecule has 1 aliphatic carbocycles. The van der Waals surface area contributed by atoms with Gasteiger partial charge in [0.2, 0.25) is 16.9 Å². The minimum absolute atomic E-state index is 0.0673. The first-order valence-electron chi connectivity index (χ1n) is 13.3. The predicted octanol–water partition coefficient (Wildman–Crippen LogP) is 5.82. The molecule has 1 atom stereocenters. The molecular formula is C30H28ClN7O3S2. The first kappa shape index (κ1) is 30.3. The number of nitriles is 1. The number of nitrogens with two attached hydrogens (primary N) is 1. The van der Waals surface area contributed by atoms with Crippen LogP contribution in [0.5, 0.6) is 0 Å². The van der Waals surface area contributed by atoms with Crippen molar-refractivity contribution in [3.63, 3.8) is 0 Å². The van der Waals surface area contributed by atoms with Gasteiger partial charge in [0, 0.05) is 41.0 Å². The summed E-state index contributed by atoms with van der Waals surface area (Å²) in [4.78, 5) is 39.2. The van der Waals surface area contributed by atoms with Crippen molar-refractivity contribution in [2.45, 2.75) is 43.9 Å². The lowest BCUT2D eigenvalue weighted by atomic mass is 9.68. The van der Waals surface area contributed by atoms with Crippen molar-refractivity contribution in [2.75, 3.05) is 21.3 Å². The normalized spacial score (nSPS) is 17.8. The van der Waals surface area contributed by atoms with Crippen LogP contribution in [0.1, 0.15) is 45.1 Å². The molecule has 2 amide bonds. The molecule has 0 saturated carbocycles. The quantitative estimate of drug-likeness (QED) is 0.273. The number of hydrogen-bond donors (Lipinski definition) is 3. The van der Waals surface area contributed by atoms with Gasteiger partial charge in [-0.15, -0.1) is 10.2 Å². The van der Waals surface area contributed by atoms with Gasteiger partial charge in [-0.1, -0.05) is 66.7 Å². The van der Waals surface area contributed by atoms with Gasteiger partial charge in [0.05, 0.1) is 23.3 Å². The SMILES string of the molecule is CC(=O)Nc1ccc(NC(=O)CSc2nnc(N3C(N)=C(C#N)C(c4ccccc4Cl)C4=C3CC(C)(C)CC4=O)s2)cc1. The van der Waals surface area contributed by atoms with E-state index < -0.39 is 5.92 Å². The van der Waals surface area contributed by atoms with E-state index in [1.165, 1.54) is 30.0 Å². The van der Waals surface area contributed by atoms with Crippen molar-refractivity contribution in [2.24, 2.45) is 11.1 Å². The maximum absolute atomic E-state index is 13.7. The van der Waals surface area contributed by atoms with Crippen molar-refractivity contribution in [3.8, 4) is 6.07 Å². The molecule has 4 N–H and O–H groups in total. The Hall–Kier alpha value is -4.18. The molecule has 10 nitrogen and oxygen atoms in total. The smallest absolute Gasteiger partial charge is 0.234 e. The number of allylic oxidation sites excluding steroid dienone is 3. The first-order chi connectivity index (χ1) is 20.5. The Bertz CT molecular complexity index is 1720. The highest BCUT2D eigenvalue weighted by Crippen LogP contribution is 2.51. The maximum Gasteiger partial charge on any atom is 0.234 e. The van der Waals surface area contributed by atoms with Gasteiger partial charge in [0.1, 0.15) is 5.82 Å². The topological polar surface area (TPSA) is 154 Å². The van der Waals surface area contributed by atoms with Crippen LogP contribution < -0.4 is 21.3 Å². The molecule has 13 heteroatoms. The second kappa shape index (κ2) is 12.2. The number of rotatable bonds is 7. The van der Waals surface area contributed by atoms with Gasteiger partial charge in [-0.25, -0.2) is 0 Å². The van der Waals surface area contributed by atoms with Gasteiger partial charge in [-0.2, -0.15) is 5.26 Å². The largest absolute Gasteiger partial charge is 0.384 e. The van der Waals surface area contributed by atoms with Crippen molar-refractivity contribution in [1.82, 2.24) is 10.2 Å². The van der Waals surface area contributed by atoms with Gasteiger partial charge in [-0.05, 0) is 47.7 Å². The number of ketones is 1. The van der Waals surface area contributed by atoms with Gasteiger partial charge < -0.3 is 16.4 Å². The third-order valence-corrected chi connectivity index (χ3v) is 9.39. The highest BCUT2D eigenvalue weighted by Gasteiger charge is 2.45. The molecule has 1 unspecified atom stereocenters. The van der Waals surface area contributed by atoms with Crippen molar-refractivity contribution in [3.05, 3.63) is 81.8 Å². The van der Waals surface area contributed by atoms with E-state index >= 15 is 0 Å². The molecule has 220 valence electrons. The standard InChI is InChI=1S/C30H28ClN7O3S2/c1-16(39)34-17-8-10-18(11-9-17)35-24(41)15-42-29-37-36-28(43-29)38-22-12-30(2,3)13-23(40)26(22)25(20(14-32)27(38)33)19-6-4-5-7-21(19)31/h4-11,25H,12-13,15,33H2,1-3H3,(H,34,39)(H,35,41). The summed E-state index contributed by atoms with van der Waals surface area (Å²) in [6, 6.07) is 16.2. The molecule has 1 aliphatic heterocycles. The van der Waals surface area contributed by atoms with Crippen molar-refractivity contribution < 1.29 is 14.4 Å². The number of anilines is 3. The fourth-order valence-electron chi connectivity index (χ4n) is 5.26. The second-order valence-electron chi connectivity index (χ2n) is 10.9. The van der Waals surface area contributed by atoms with Crippen molar-refractivity contribution >= 4 is 68.8 Å². The highest BCUT2D eigenvalue weighted by molar-refractivity contribution is 8.01. The van der Waals surface area contributed by atoms with E-state index in [-0.39, 0.29) is 40.2 Å². The molecule has 0 bridgehead atoms. The number of carbonyl (C=O) groups excluding carboxylic acids is 3. The van der Waals surface area contributed by atoms with Gasteiger partial charge in [0.15, 0.2) is 10.1 Å². The molecule has 3 aromatic rings. The van der Waals surface area contributed by atoms with E-state index in [1.807, 2.05) is 26.0 Å². The van der Waals surface area contributed by atoms with Crippen LogP contribution in [-0.4, -0.2) is 33.5 Å². The lowest BCUT2D eigenvalue weighted by Crippen LogP contribution is -2.42. The Morgan fingerprint density at radius 1 is 1.14 bits per heavy atom. The van der Waals surface area contributed by atoms with Crippen LogP contribution in [0.25, 0.3) is 0 Å². The lowest BCUT2D eigenvalue weighted by molar-refractivity contribution is -0.118. The summed E-state index contributed by atoms with van der Waals surface area (Å²) in [5.41, 5.74) is 9.59. The number of nitrogens with zero attached hydrogens (tertiary/aromatic N) is 4. The summed E-state index contributed by atoms with van der Waals surface area (Å²) in [7, 11) is 0. The number of nitrogens with one attached hydrogen (secondary N) is 2. The van der Waals surface area contributed by atoms with Crippen LogP contribution in [0.4, 0.5) is 16.5 Å². The van der Waals surface area contributed by atoms with Gasteiger partial charge in [0.25, 0.3) is 0 Å². The van der Waals surface area contributed by atoms with Crippen LogP contribution in [-0.2, 0) is 14.4 Å². The third kappa shape index (κ3) is 6.44. The minimum Gasteiger partial charge on any atom is -0.384 e. The van der Waals surface area contributed by atoms with Gasteiger partial charge in [-0.3, -0.25) is 19.3 Å². The molecule has 0 saturated heterocycles. The molecule has 1 aromatic heterocycles.